The van der Waals surface area contributed by atoms with E-state index in [1.807, 2.05) is 0 Å². The zero-order valence-electron chi connectivity index (χ0n) is 14.8. The molecule has 2 aromatic rings. The molecular weight excluding hydrogens is 368 g/mol. The molecule has 1 aromatic carbocycles. The Morgan fingerprint density at radius 2 is 1.93 bits per heavy atom. The van der Waals surface area contributed by atoms with E-state index in [4.69, 9.17) is 9.15 Å². The molecule has 0 atom stereocenters. The average Bonchev–Trinajstić information content (AvgIpc) is 3.20. The summed E-state index contributed by atoms with van der Waals surface area (Å²) in [6, 6.07) is 8.80. The van der Waals surface area contributed by atoms with E-state index in [-0.39, 0.29) is 18.7 Å². The Labute approximate surface area is 159 Å². The molecule has 4 amide bonds. The molecule has 28 heavy (non-hydrogen) atoms. The number of benzene rings is 1. The molecular formula is C19H16N2O7. The van der Waals surface area contributed by atoms with Crippen LogP contribution in [0.15, 0.2) is 52.7 Å². The van der Waals surface area contributed by atoms with E-state index in [1.165, 1.54) is 19.4 Å². The second kappa shape index (κ2) is 8.21. The van der Waals surface area contributed by atoms with Gasteiger partial charge in [0.05, 0.1) is 19.9 Å². The number of carbonyl (C=O) groups excluding carboxylic acids is 4. The highest BCUT2D eigenvalue weighted by Crippen LogP contribution is 2.19. The highest BCUT2D eigenvalue weighted by atomic mass is 16.6. The highest BCUT2D eigenvalue weighted by molar-refractivity contribution is 6.30. The van der Waals surface area contributed by atoms with Gasteiger partial charge >= 0.3 is 12.0 Å². The van der Waals surface area contributed by atoms with Crippen molar-refractivity contribution in [2.75, 3.05) is 13.7 Å². The van der Waals surface area contributed by atoms with E-state index in [0.717, 1.165) is 4.90 Å². The van der Waals surface area contributed by atoms with Crippen LogP contribution in [0.4, 0.5) is 4.79 Å². The fourth-order valence-corrected chi connectivity index (χ4v) is 2.42. The van der Waals surface area contributed by atoms with Gasteiger partial charge in [0.1, 0.15) is 17.1 Å². The van der Waals surface area contributed by atoms with Crippen molar-refractivity contribution < 1.29 is 33.1 Å². The van der Waals surface area contributed by atoms with Gasteiger partial charge in [-0.15, -0.1) is 0 Å². The molecule has 3 rings (SSSR count). The number of barbiturate groups is 1. The SMILES string of the molecule is COC(=O)COc1ccc(/C=C2\C(=O)NC(=O)N(Cc3ccco3)C2=O)cc1. The van der Waals surface area contributed by atoms with Crippen LogP contribution in [-0.4, -0.2) is 42.4 Å². The van der Waals surface area contributed by atoms with Crippen LogP contribution in [0.1, 0.15) is 11.3 Å². The van der Waals surface area contributed by atoms with Gasteiger partial charge in [0.25, 0.3) is 11.8 Å². The minimum atomic E-state index is -0.810. The Morgan fingerprint density at radius 3 is 2.57 bits per heavy atom. The number of rotatable bonds is 6. The molecule has 0 aliphatic carbocycles. The lowest BCUT2D eigenvalue weighted by Gasteiger charge is -2.25. The number of urea groups is 1. The fourth-order valence-electron chi connectivity index (χ4n) is 2.42. The standard InChI is InChI=1S/C19H16N2O7/c1-26-16(22)11-28-13-6-4-12(5-7-13)9-15-17(23)20-19(25)21(18(15)24)10-14-3-2-8-27-14/h2-9H,10-11H2,1H3,(H,20,23,25)/b15-9+. The molecule has 1 fully saturated rings. The highest BCUT2D eigenvalue weighted by Gasteiger charge is 2.36. The van der Waals surface area contributed by atoms with Crippen LogP contribution in [0, 0.1) is 0 Å². The Bertz CT molecular complexity index is 930. The molecule has 1 aromatic heterocycles. The minimum Gasteiger partial charge on any atom is -0.482 e. The van der Waals surface area contributed by atoms with Gasteiger partial charge in [-0.25, -0.2) is 9.59 Å². The predicted molar refractivity (Wildman–Crippen MR) is 94.7 cm³/mol. The number of esters is 1. The molecule has 1 aliphatic heterocycles. The van der Waals surface area contributed by atoms with Crippen LogP contribution >= 0.6 is 0 Å². The third-order valence-electron chi connectivity index (χ3n) is 3.86. The molecule has 0 saturated carbocycles. The quantitative estimate of drug-likeness (QED) is 0.456. The fraction of sp³-hybridized carbons (Fsp3) is 0.158. The summed E-state index contributed by atoms with van der Waals surface area (Å²) >= 11 is 0. The summed E-state index contributed by atoms with van der Waals surface area (Å²) in [5, 5.41) is 2.13. The Kier molecular flexibility index (Phi) is 5.54. The van der Waals surface area contributed by atoms with Crippen LogP contribution in [0.2, 0.25) is 0 Å². The van der Waals surface area contributed by atoms with Gasteiger partial charge in [-0.1, -0.05) is 12.1 Å². The van der Waals surface area contributed by atoms with Crippen molar-refractivity contribution >= 4 is 29.9 Å². The van der Waals surface area contributed by atoms with Gasteiger partial charge in [-0.05, 0) is 35.9 Å². The Hall–Kier alpha value is -3.88. The number of furan rings is 1. The lowest BCUT2D eigenvalue weighted by Crippen LogP contribution is -2.53. The zero-order valence-corrected chi connectivity index (χ0v) is 14.8. The summed E-state index contributed by atoms with van der Waals surface area (Å²) in [6.45, 7) is -0.329. The maximum atomic E-state index is 12.6. The van der Waals surface area contributed by atoms with Gasteiger partial charge in [0.2, 0.25) is 0 Å². The van der Waals surface area contributed by atoms with E-state index in [0.29, 0.717) is 17.1 Å². The van der Waals surface area contributed by atoms with E-state index in [2.05, 4.69) is 10.1 Å². The first-order valence-electron chi connectivity index (χ1n) is 8.19. The maximum absolute atomic E-state index is 12.6. The predicted octanol–water partition coefficient (Wildman–Crippen LogP) is 1.49. The number of amides is 4. The average molecular weight is 384 g/mol. The number of nitrogens with zero attached hydrogens (tertiary/aromatic N) is 1. The first kappa shape index (κ1) is 18.9. The van der Waals surface area contributed by atoms with E-state index >= 15 is 0 Å². The number of ether oxygens (including phenoxy) is 2. The first-order valence-corrected chi connectivity index (χ1v) is 8.19. The topological polar surface area (TPSA) is 115 Å². The molecule has 1 N–H and O–H groups in total. The van der Waals surface area contributed by atoms with Gasteiger partial charge in [0.15, 0.2) is 6.61 Å². The summed E-state index contributed by atoms with van der Waals surface area (Å²) < 4.78 is 14.9. The normalized spacial score (nSPS) is 15.5. The van der Waals surface area contributed by atoms with Crippen molar-refractivity contribution in [2.45, 2.75) is 6.54 Å². The Morgan fingerprint density at radius 1 is 1.18 bits per heavy atom. The molecule has 0 spiro atoms. The summed E-state index contributed by atoms with van der Waals surface area (Å²) in [5.74, 6) is -1.20. The second-order valence-corrected chi connectivity index (χ2v) is 5.72. The molecule has 144 valence electrons. The molecule has 0 bridgehead atoms. The first-order chi connectivity index (χ1) is 13.5. The van der Waals surface area contributed by atoms with Crippen LogP contribution in [0.25, 0.3) is 6.08 Å². The lowest BCUT2D eigenvalue weighted by atomic mass is 10.1. The van der Waals surface area contributed by atoms with Crippen LogP contribution in [0.5, 0.6) is 5.75 Å². The number of nitrogens with one attached hydrogen (secondary N) is 1. The van der Waals surface area contributed by atoms with E-state index in [1.54, 1.807) is 36.4 Å². The number of imide groups is 2. The number of methoxy groups -OCH3 is 1. The zero-order chi connectivity index (χ0) is 20.1. The molecule has 9 nitrogen and oxygen atoms in total. The van der Waals surface area contributed by atoms with Gasteiger partial charge in [0, 0.05) is 0 Å². The van der Waals surface area contributed by atoms with E-state index in [9.17, 15) is 19.2 Å². The molecule has 0 radical (unpaired) electrons. The molecule has 2 heterocycles. The number of carbonyl (C=O) groups is 4. The van der Waals surface area contributed by atoms with Crippen LogP contribution in [-0.2, 0) is 25.7 Å². The van der Waals surface area contributed by atoms with Gasteiger partial charge < -0.3 is 13.9 Å². The monoisotopic (exact) mass is 384 g/mol. The van der Waals surface area contributed by atoms with Gasteiger partial charge in [-0.2, -0.15) is 0 Å². The van der Waals surface area contributed by atoms with Crippen molar-refractivity contribution in [3.8, 4) is 5.75 Å². The molecule has 1 aliphatic rings. The maximum Gasteiger partial charge on any atom is 0.343 e. The largest absolute Gasteiger partial charge is 0.482 e. The smallest absolute Gasteiger partial charge is 0.343 e. The van der Waals surface area contributed by atoms with E-state index < -0.39 is 23.8 Å². The number of hydrogen-bond acceptors (Lipinski definition) is 7. The van der Waals surface area contributed by atoms with Crippen molar-refractivity contribution in [3.05, 3.63) is 59.6 Å². The summed E-state index contributed by atoms with van der Waals surface area (Å²) in [6.07, 6.45) is 2.79. The number of hydrogen-bond donors (Lipinski definition) is 1. The summed E-state index contributed by atoms with van der Waals surface area (Å²) in [5.41, 5.74) is 0.352. The molecule has 1 saturated heterocycles. The summed E-state index contributed by atoms with van der Waals surface area (Å²) in [4.78, 5) is 48.7. The third kappa shape index (κ3) is 4.26. The second-order valence-electron chi connectivity index (χ2n) is 5.72. The molecule has 0 unspecified atom stereocenters. The summed E-state index contributed by atoms with van der Waals surface area (Å²) in [7, 11) is 1.26. The lowest BCUT2D eigenvalue weighted by molar-refractivity contribution is -0.143. The van der Waals surface area contributed by atoms with Crippen molar-refractivity contribution in [1.29, 1.82) is 0 Å². The van der Waals surface area contributed by atoms with Crippen molar-refractivity contribution in [1.82, 2.24) is 10.2 Å². The van der Waals surface area contributed by atoms with Crippen LogP contribution < -0.4 is 10.1 Å². The molecule has 9 heteroatoms. The van der Waals surface area contributed by atoms with Crippen LogP contribution in [0.3, 0.4) is 0 Å². The van der Waals surface area contributed by atoms with Gasteiger partial charge in [-0.3, -0.25) is 19.8 Å². The van der Waals surface area contributed by atoms with Crippen molar-refractivity contribution in [3.63, 3.8) is 0 Å². The minimum absolute atomic E-state index is 0.0947. The third-order valence-corrected chi connectivity index (χ3v) is 3.86. The Balaban J connectivity index is 1.75. The van der Waals surface area contributed by atoms with Crippen molar-refractivity contribution in [2.24, 2.45) is 0 Å².